The molecule has 4 heteroatoms. The molecule has 0 aromatic heterocycles. The van der Waals surface area contributed by atoms with Crippen molar-refractivity contribution in [3.63, 3.8) is 0 Å². The van der Waals surface area contributed by atoms with Crippen molar-refractivity contribution >= 4 is 18.4 Å². The van der Waals surface area contributed by atoms with Gasteiger partial charge in [0.1, 0.15) is 0 Å². The zero-order valence-corrected chi connectivity index (χ0v) is 19.2. The van der Waals surface area contributed by atoms with E-state index in [9.17, 15) is 14.7 Å². The van der Waals surface area contributed by atoms with Crippen LogP contribution < -0.4 is 0 Å². The molecule has 2 atom stereocenters. The molecule has 2 aliphatic rings. The Balaban J connectivity index is 1.85. The molecule has 2 aliphatic carbocycles. The van der Waals surface area contributed by atoms with E-state index in [-0.39, 0.29) is 0 Å². The molecule has 3 nitrogen and oxygen atoms in total. The average Bonchev–Trinajstić information content (AvgIpc) is 2.84. The molecule has 0 saturated heterocycles. The van der Waals surface area contributed by atoms with Crippen LogP contribution in [0.2, 0.25) is 0 Å². The van der Waals surface area contributed by atoms with Crippen LogP contribution in [-0.2, 0) is 0 Å². The topological polar surface area (TPSA) is 60.7 Å². The summed E-state index contributed by atoms with van der Waals surface area (Å²) in [4.78, 5) is 35.3. The average molecular weight is 445 g/mol. The summed E-state index contributed by atoms with van der Waals surface area (Å²) in [6, 6.07) is 19.6. The van der Waals surface area contributed by atoms with Gasteiger partial charge in [-0.15, -0.1) is 0 Å². The maximum absolute atomic E-state index is 11.8. The van der Waals surface area contributed by atoms with E-state index in [1.807, 2.05) is 98.8 Å². The summed E-state index contributed by atoms with van der Waals surface area (Å²) in [6.45, 7) is 3.91. The fourth-order valence-electron chi connectivity index (χ4n) is 4.50. The van der Waals surface area contributed by atoms with Crippen molar-refractivity contribution in [3.05, 3.63) is 132 Å². The summed E-state index contributed by atoms with van der Waals surface area (Å²) in [5.41, 5.74) is 3.35. The molecule has 32 heavy (non-hydrogen) atoms. The van der Waals surface area contributed by atoms with Crippen molar-refractivity contribution in [2.45, 2.75) is 25.2 Å². The van der Waals surface area contributed by atoms with Gasteiger partial charge in [0.2, 0.25) is 0 Å². The van der Waals surface area contributed by atoms with E-state index >= 15 is 0 Å². The first-order valence-corrected chi connectivity index (χ1v) is 13.0. The fourth-order valence-corrected chi connectivity index (χ4v) is 7.33. The van der Waals surface area contributed by atoms with Crippen molar-refractivity contribution in [1.82, 2.24) is 0 Å². The number of hydrogen-bond donors (Lipinski definition) is 3. The Hall–Kier alpha value is -2.81. The van der Waals surface area contributed by atoms with Gasteiger partial charge in [-0.3, -0.25) is 0 Å². The van der Waals surface area contributed by atoms with E-state index in [1.54, 1.807) is 24.3 Å². The molecule has 2 unspecified atom stereocenters. The fraction of sp³-hybridized carbons (Fsp3) is 0.143. The second kappa shape index (κ2) is 8.61. The van der Waals surface area contributed by atoms with E-state index in [1.165, 1.54) is 0 Å². The van der Waals surface area contributed by atoms with Gasteiger partial charge in [0.25, 0.3) is 0 Å². The zero-order valence-electron chi connectivity index (χ0n) is 18.3. The van der Waals surface area contributed by atoms with Gasteiger partial charge in [-0.05, 0) is 0 Å². The molecule has 0 heterocycles. The first kappa shape index (κ1) is 22.4. The van der Waals surface area contributed by atoms with E-state index in [0.717, 1.165) is 22.3 Å². The van der Waals surface area contributed by atoms with Crippen LogP contribution in [0.5, 0.6) is 0 Å². The molecular weight excluding hydrogens is 415 g/mol. The van der Waals surface area contributed by atoms with Crippen LogP contribution in [0.3, 0.4) is 0 Å². The van der Waals surface area contributed by atoms with Crippen molar-refractivity contribution in [2.24, 2.45) is 0 Å². The van der Waals surface area contributed by atoms with Crippen LogP contribution in [0.15, 0.2) is 120 Å². The van der Waals surface area contributed by atoms with Crippen LogP contribution in [-0.4, -0.2) is 26.0 Å². The van der Waals surface area contributed by atoms with Crippen LogP contribution in [0.4, 0.5) is 0 Å². The maximum atomic E-state index is 11.8. The second-order valence-corrected chi connectivity index (χ2v) is 11.7. The SMILES string of the molecule is CC(=C1C=CC=CC1P(O)(O)(O)C1C=CC=CC1=C(C)c1ccccc1)c1ccccc1. The van der Waals surface area contributed by atoms with E-state index in [4.69, 9.17) is 0 Å². The van der Waals surface area contributed by atoms with Crippen LogP contribution in [0, 0.1) is 0 Å². The van der Waals surface area contributed by atoms with Crippen molar-refractivity contribution in [1.29, 1.82) is 0 Å². The molecular formula is C28H29O3P. The molecule has 0 saturated carbocycles. The standard InChI is InChI=1S/C28H29O3P/c1-21(23-13-5-3-6-14-23)25-17-9-11-19-27(25)32(29,30,31)28-20-12-10-18-26(28)22(2)24-15-7-4-8-16-24/h3-20,27-31H,1-2H3. The van der Waals surface area contributed by atoms with Crippen LogP contribution >= 0.6 is 7.28 Å². The Morgan fingerprint density at radius 1 is 0.594 bits per heavy atom. The molecule has 0 spiro atoms. The summed E-state index contributed by atoms with van der Waals surface area (Å²) in [5, 5.41) is 0. The molecule has 0 fully saturated rings. The van der Waals surface area contributed by atoms with Crippen molar-refractivity contribution < 1.29 is 14.7 Å². The summed E-state index contributed by atoms with van der Waals surface area (Å²) < 4.78 is 0. The second-order valence-electron chi connectivity index (χ2n) is 8.38. The van der Waals surface area contributed by atoms with Gasteiger partial charge in [0.05, 0.1) is 0 Å². The number of benzene rings is 2. The summed E-state index contributed by atoms with van der Waals surface area (Å²) >= 11 is 0. The molecule has 164 valence electrons. The quantitative estimate of drug-likeness (QED) is 0.492. The Kier molecular flexibility index (Phi) is 6.03. The Morgan fingerprint density at radius 3 is 1.34 bits per heavy atom. The summed E-state index contributed by atoms with van der Waals surface area (Å²) in [5.74, 6) is 0. The van der Waals surface area contributed by atoms with Gasteiger partial charge in [-0.1, -0.05) is 0 Å². The van der Waals surface area contributed by atoms with E-state index in [0.29, 0.717) is 11.1 Å². The first-order chi connectivity index (χ1) is 15.3. The summed E-state index contributed by atoms with van der Waals surface area (Å²) in [6.07, 6.45) is 14.4. The molecule has 3 N–H and O–H groups in total. The molecule has 0 amide bonds. The Morgan fingerprint density at radius 2 is 0.969 bits per heavy atom. The minimum absolute atomic E-state index is 0.712. The van der Waals surface area contributed by atoms with Crippen molar-refractivity contribution in [3.8, 4) is 0 Å². The predicted octanol–water partition coefficient (Wildman–Crippen LogP) is 6.20. The van der Waals surface area contributed by atoms with Gasteiger partial charge in [-0.25, -0.2) is 0 Å². The monoisotopic (exact) mass is 444 g/mol. The zero-order chi connectivity index (χ0) is 22.8. The third kappa shape index (κ3) is 4.13. The van der Waals surface area contributed by atoms with Gasteiger partial charge < -0.3 is 0 Å². The number of rotatable bonds is 4. The van der Waals surface area contributed by atoms with E-state index < -0.39 is 18.6 Å². The molecule has 0 radical (unpaired) electrons. The molecule has 2 aromatic rings. The predicted molar refractivity (Wildman–Crippen MR) is 136 cm³/mol. The minimum atomic E-state index is -5.31. The first-order valence-electron chi connectivity index (χ1n) is 10.8. The molecule has 0 aliphatic heterocycles. The third-order valence-corrected chi connectivity index (χ3v) is 9.38. The molecule has 0 bridgehead atoms. The van der Waals surface area contributed by atoms with Crippen LogP contribution in [0.1, 0.15) is 25.0 Å². The Bertz CT molecular complexity index is 1080. The normalized spacial score (nSPS) is 24.7. The van der Waals surface area contributed by atoms with Gasteiger partial charge >= 0.3 is 190 Å². The molecule has 2 aromatic carbocycles. The number of allylic oxidation sites excluding steroid dienone is 12. The van der Waals surface area contributed by atoms with Gasteiger partial charge in [0, 0.05) is 0 Å². The third-order valence-electron chi connectivity index (χ3n) is 6.35. The Labute approximate surface area is 189 Å². The van der Waals surface area contributed by atoms with Gasteiger partial charge in [0.15, 0.2) is 0 Å². The van der Waals surface area contributed by atoms with Crippen LogP contribution in [0.25, 0.3) is 11.1 Å². The molecule has 4 rings (SSSR count). The van der Waals surface area contributed by atoms with E-state index in [2.05, 4.69) is 0 Å². The number of hydrogen-bond acceptors (Lipinski definition) is 3. The van der Waals surface area contributed by atoms with Crippen molar-refractivity contribution in [2.75, 3.05) is 0 Å². The summed E-state index contributed by atoms with van der Waals surface area (Å²) in [7, 11) is -5.31. The van der Waals surface area contributed by atoms with Gasteiger partial charge in [-0.2, -0.15) is 0 Å².